The van der Waals surface area contributed by atoms with Crippen molar-refractivity contribution >= 4 is 23.6 Å². The number of ether oxygens (including phenoxy) is 1. The van der Waals surface area contributed by atoms with Crippen LogP contribution in [0, 0.1) is 11.7 Å². The molecule has 2 aromatic rings. The molecular weight excluding hydrogens is 511 g/mol. The molecule has 1 unspecified atom stereocenters. The van der Waals surface area contributed by atoms with Gasteiger partial charge in [0.2, 0.25) is 11.8 Å². The van der Waals surface area contributed by atoms with Crippen molar-refractivity contribution in [3.8, 4) is 0 Å². The third-order valence-corrected chi connectivity index (χ3v) is 8.53. The number of rotatable bonds is 8. The Morgan fingerprint density at radius 2 is 1.70 bits per heavy atom. The van der Waals surface area contributed by atoms with Gasteiger partial charge in [-0.3, -0.25) is 14.9 Å². The first-order chi connectivity index (χ1) is 19.4. The number of benzene rings is 2. The van der Waals surface area contributed by atoms with E-state index in [9.17, 15) is 14.4 Å². The normalized spacial score (nSPS) is 23.9. The molecule has 5 rings (SSSR count). The standard InChI is InChI=1S/C31H39FN4O4/c32-27-18-23(26-11-13-29(37)35-30(26)38)8-12-28(27)36-16-14-24(15-17-36)33-19-21-6-9-25(10-7-21)34-31(39)40-20-22-4-2-1-3-5-22/h1-5,8,12,18,21,24-26,33H,6-7,9-11,13-17,19-20H2,(H,34,39)(H,35,37,38). The Labute approximate surface area is 235 Å². The quantitative estimate of drug-likeness (QED) is 0.422. The fourth-order valence-electron chi connectivity index (χ4n) is 6.11. The Morgan fingerprint density at radius 3 is 2.40 bits per heavy atom. The number of nitrogens with one attached hydrogen (secondary N) is 3. The van der Waals surface area contributed by atoms with E-state index < -0.39 is 5.92 Å². The van der Waals surface area contributed by atoms with E-state index in [0.717, 1.165) is 63.7 Å². The van der Waals surface area contributed by atoms with Crippen LogP contribution in [0.15, 0.2) is 48.5 Å². The summed E-state index contributed by atoms with van der Waals surface area (Å²) in [6.45, 7) is 2.79. The van der Waals surface area contributed by atoms with Gasteiger partial charge >= 0.3 is 6.09 Å². The van der Waals surface area contributed by atoms with Crippen molar-refractivity contribution in [3.05, 3.63) is 65.5 Å². The highest BCUT2D eigenvalue weighted by Crippen LogP contribution is 2.30. The lowest BCUT2D eigenvalue weighted by atomic mass is 9.85. The van der Waals surface area contributed by atoms with Gasteiger partial charge in [-0.1, -0.05) is 36.4 Å². The van der Waals surface area contributed by atoms with E-state index in [1.165, 1.54) is 6.07 Å². The number of carbonyl (C=O) groups is 3. The summed E-state index contributed by atoms with van der Waals surface area (Å²) in [5, 5.41) is 9.09. The minimum atomic E-state index is -0.476. The van der Waals surface area contributed by atoms with Gasteiger partial charge in [-0.05, 0) is 80.7 Å². The van der Waals surface area contributed by atoms with Crippen LogP contribution in [-0.2, 0) is 20.9 Å². The summed E-state index contributed by atoms with van der Waals surface area (Å²) < 4.78 is 20.4. The largest absolute Gasteiger partial charge is 0.445 e. The zero-order chi connectivity index (χ0) is 27.9. The molecule has 1 atom stereocenters. The Morgan fingerprint density at radius 1 is 0.950 bits per heavy atom. The Bertz CT molecular complexity index is 1180. The number of amides is 3. The summed E-state index contributed by atoms with van der Waals surface area (Å²) in [6.07, 6.45) is 6.29. The zero-order valence-electron chi connectivity index (χ0n) is 22.9. The fourth-order valence-corrected chi connectivity index (χ4v) is 6.11. The lowest BCUT2D eigenvalue weighted by Crippen LogP contribution is -2.45. The van der Waals surface area contributed by atoms with E-state index in [0.29, 0.717) is 29.6 Å². The maximum absolute atomic E-state index is 15.0. The monoisotopic (exact) mass is 550 g/mol. The van der Waals surface area contributed by atoms with Crippen LogP contribution in [0.1, 0.15) is 68.4 Å². The van der Waals surface area contributed by atoms with E-state index in [4.69, 9.17) is 4.74 Å². The van der Waals surface area contributed by atoms with Crippen LogP contribution >= 0.6 is 0 Å². The summed E-state index contributed by atoms with van der Waals surface area (Å²) in [7, 11) is 0. The lowest BCUT2D eigenvalue weighted by Gasteiger charge is -2.36. The third-order valence-electron chi connectivity index (χ3n) is 8.53. The molecule has 0 bridgehead atoms. The average Bonchev–Trinajstić information content (AvgIpc) is 2.97. The maximum Gasteiger partial charge on any atom is 0.407 e. The van der Waals surface area contributed by atoms with Gasteiger partial charge in [0.05, 0.1) is 11.6 Å². The molecule has 9 heteroatoms. The second kappa shape index (κ2) is 13.3. The molecule has 214 valence electrons. The molecule has 1 aliphatic carbocycles. The summed E-state index contributed by atoms with van der Waals surface area (Å²) in [5.74, 6) is -0.815. The Balaban J connectivity index is 0.992. The first kappa shape index (κ1) is 28.1. The van der Waals surface area contributed by atoms with Gasteiger partial charge in [0.1, 0.15) is 12.4 Å². The van der Waals surface area contributed by atoms with Crippen molar-refractivity contribution in [1.82, 2.24) is 16.0 Å². The van der Waals surface area contributed by atoms with Gasteiger partial charge in [-0.15, -0.1) is 0 Å². The molecule has 2 aromatic carbocycles. The molecule has 3 N–H and O–H groups in total. The molecule has 40 heavy (non-hydrogen) atoms. The summed E-state index contributed by atoms with van der Waals surface area (Å²) >= 11 is 0. The van der Waals surface area contributed by atoms with Crippen molar-refractivity contribution in [2.75, 3.05) is 24.5 Å². The second-order valence-corrected chi connectivity index (χ2v) is 11.3. The highest BCUT2D eigenvalue weighted by Gasteiger charge is 2.30. The van der Waals surface area contributed by atoms with Crippen molar-refractivity contribution in [2.45, 2.75) is 76.0 Å². The van der Waals surface area contributed by atoms with Crippen molar-refractivity contribution in [1.29, 1.82) is 0 Å². The summed E-state index contributed by atoms with van der Waals surface area (Å²) in [6, 6.07) is 15.3. The molecule has 2 heterocycles. The van der Waals surface area contributed by atoms with E-state index in [1.54, 1.807) is 6.07 Å². The fraction of sp³-hybridized carbons (Fsp3) is 0.516. The number of piperidine rings is 2. The molecule has 0 spiro atoms. The predicted octanol–water partition coefficient (Wildman–Crippen LogP) is 4.39. The number of hydrogen-bond donors (Lipinski definition) is 3. The molecule has 3 aliphatic rings. The first-order valence-corrected chi connectivity index (χ1v) is 14.5. The van der Waals surface area contributed by atoms with Crippen LogP contribution in [0.4, 0.5) is 14.9 Å². The number of carbonyl (C=O) groups excluding carboxylic acids is 3. The molecule has 2 aliphatic heterocycles. The Kier molecular flexibility index (Phi) is 9.31. The van der Waals surface area contributed by atoms with Gasteiger partial charge in [0.15, 0.2) is 0 Å². The number of hydrogen-bond acceptors (Lipinski definition) is 6. The maximum atomic E-state index is 15.0. The number of alkyl carbamates (subject to hydrolysis) is 1. The molecular formula is C31H39FN4O4. The number of imide groups is 1. The summed E-state index contributed by atoms with van der Waals surface area (Å²) in [4.78, 5) is 37.8. The highest BCUT2D eigenvalue weighted by atomic mass is 19.1. The van der Waals surface area contributed by atoms with Gasteiger partial charge in [0, 0.05) is 31.6 Å². The van der Waals surface area contributed by atoms with Crippen LogP contribution in [0.5, 0.6) is 0 Å². The number of anilines is 1. The minimum absolute atomic E-state index is 0.166. The lowest BCUT2D eigenvalue weighted by molar-refractivity contribution is -0.134. The highest BCUT2D eigenvalue weighted by molar-refractivity contribution is 6.00. The molecule has 8 nitrogen and oxygen atoms in total. The zero-order valence-corrected chi connectivity index (χ0v) is 22.9. The molecule has 2 saturated heterocycles. The van der Waals surface area contributed by atoms with Crippen molar-refractivity contribution in [3.63, 3.8) is 0 Å². The molecule has 3 amide bonds. The van der Waals surface area contributed by atoms with E-state index in [1.807, 2.05) is 36.4 Å². The summed E-state index contributed by atoms with van der Waals surface area (Å²) in [5.41, 5.74) is 2.17. The SMILES string of the molecule is O=C1CCC(c2ccc(N3CCC(NCC4CCC(NC(=O)OCc5ccccc5)CC4)CC3)c(F)c2)C(=O)N1. The Hall–Kier alpha value is -3.46. The van der Waals surface area contributed by atoms with E-state index in [-0.39, 0.29) is 42.8 Å². The third kappa shape index (κ3) is 7.38. The van der Waals surface area contributed by atoms with Crippen LogP contribution in [0.3, 0.4) is 0 Å². The van der Waals surface area contributed by atoms with Crippen LogP contribution in [0.2, 0.25) is 0 Å². The molecule has 0 aromatic heterocycles. The van der Waals surface area contributed by atoms with E-state index in [2.05, 4.69) is 20.9 Å². The molecule has 3 fully saturated rings. The minimum Gasteiger partial charge on any atom is -0.445 e. The number of halogens is 1. The van der Waals surface area contributed by atoms with Gasteiger partial charge in [0.25, 0.3) is 0 Å². The molecule has 0 radical (unpaired) electrons. The van der Waals surface area contributed by atoms with Crippen LogP contribution in [0.25, 0.3) is 0 Å². The predicted molar refractivity (Wildman–Crippen MR) is 150 cm³/mol. The smallest absolute Gasteiger partial charge is 0.407 e. The van der Waals surface area contributed by atoms with Gasteiger partial charge in [-0.25, -0.2) is 9.18 Å². The second-order valence-electron chi connectivity index (χ2n) is 11.3. The van der Waals surface area contributed by atoms with E-state index >= 15 is 4.39 Å². The van der Waals surface area contributed by atoms with Crippen LogP contribution in [-0.4, -0.2) is 49.6 Å². The van der Waals surface area contributed by atoms with Gasteiger partial charge in [-0.2, -0.15) is 0 Å². The average molecular weight is 551 g/mol. The van der Waals surface area contributed by atoms with Crippen LogP contribution < -0.4 is 20.9 Å². The number of nitrogens with zero attached hydrogens (tertiary/aromatic N) is 1. The first-order valence-electron chi connectivity index (χ1n) is 14.5. The van der Waals surface area contributed by atoms with Crippen molar-refractivity contribution < 1.29 is 23.5 Å². The topological polar surface area (TPSA) is 99.8 Å². The van der Waals surface area contributed by atoms with Gasteiger partial charge < -0.3 is 20.3 Å². The molecule has 1 saturated carbocycles. The van der Waals surface area contributed by atoms with Crippen molar-refractivity contribution in [2.24, 2.45) is 5.92 Å².